The first-order valence-electron chi connectivity index (χ1n) is 5.19. The molecule has 0 radical (unpaired) electrons. The number of Topliss-reactive ketones (excluding diaryl/α,β-unsaturated/α-hetero) is 1. The molecule has 1 aromatic carbocycles. The number of carbonyl (C=O) groups excluding carboxylic acids is 1. The van der Waals surface area contributed by atoms with Crippen molar-refractivity contribution in [2.75, 3.05) is 6.61 Å². The molecule has 80 valence electrons. The van der Waals surface area contributed by atoms with Crippen LogP contribution in [0.5, 0.6) is 5.75 Å². The van der Waals surface area contributed by atoms with Crippen molar-refractivity contribution < 1.29 is 9.53 Å². The van der Waals surface area contributed by atoms with Crippen LogP contribution >= 0.6 is 11.6 Å². The van der Waals surface area contributed by atoms with Crippen molar-refractivity contribution >= 4 is 17.4 Å². The largest absolute Gasteiger partial charge is 0.492 e. The molecule has 0 unspecified atom stereocenters. The smallest absolute Gasteiger partial charge is 0.169 e. The molecule has 0 aliphatic heterocycles. The zero-order chi connectivity index (χ0) is 10.8. The van der Waals surface area contributed by atoms with Crippen LogP contribution in [-0.2, 0) is 0 Å². The fourth-order valence-corrected chi connectivity index (χ4v) is 1.79. The fourth-order valence-electron chi connectivity index (χ4n) is 1.56. The number of carbonyl (C=O) groups is 1. The minimum atomic E-state index is 0.168. The highest BCUT2D eigenvalue weighted by Gasteiger charge is 2.32. The van der Waals surface area contributed by atoms with Crippen LogP contribution in [0.1, 0.15) is 30.1 Å². The highest BCUT2D eigenvalue weighted by atomic mass is 35.5. The molecule has 2 rings (SSSR count). The quantitative estimate of drug-likeness (QED) is 0.734. The van der Waals surface area contributed by atoms with Gasteiger partial charge in [0.2, 0.25) is 0 Å². The number of hydrogen-bond acceptors (Lipinski definition) is 2. The monoisotopic (exact) mass is 224 g/mol. The van der Waals surface area contributed by atoms with Crippen LogP contribution in [0.25, 0.3) is 0 Å². The van der Waals surface area contributed by atoms with Gasteiger partial charge in [0.05, 0.1) is 17.2 Å². The lowest BCUT2D eigenvalue weighted by atomic mass is 10.1. The first-order chi connectivity index (χ1) is 7.24. The predicted octanol–water partition coefficient (Wildman–Crippen LogP) is 3.33. The second-order valence-corrected chi connectivity index (χ2v) is 4.10. The summed E-state index contributed by atoms with van der Waals surface area (Å²) in [7, 11) is 0. The van der Waals surface area contributed by atoms with E-state index in [9.17, 15) is 4.79 Å². The van der Waals surface area contributed by atoms with Crippen molar-refractivity contribution in [3.63, 3.8) is 0 Å². The first-order valence-corrected chi connectivity index (χ1v) is 5.57. The predicted molar refractivity (Wildman–Crippen MR) is 59.7 cm³/mol. The molecule has 1 saturated carbocycles. The zero-order valence-electron chi connectivity index (χ0n) is 8.63. The third kappa shape index (κ3) is 2.15. The number of para-hydroxylation sites is 1. The minimum Gasteiger partial charge on any atom is -0.492 e. The van der Waals surface area contributed by atoms with Gasteiger partial charge < -0.3 is 4.74 Å². The SMILES string of the molecule is CCOc1c(Cl)cccc1C(=O)C1CC1. The summed E-state index contributed by atoms with van der Waals surface area (Å²) in [5.74, 6) is 0.905. The van der Waals surface area contributed by atoms with Gasteiger partial charge in [0.15, 0.2) is 5.78 Å². The Bertz CT molecular complexity index is 383. The third-order valence-corrected chi connectivity index (χ3v) is 2.77. The molecule has 3 heteroatoms. The molecule has 15 heavy (non-hydrogen) atoms. The Hall–Kier alpha value is -1.02. The molecule has 0 spiro atoms. The van der Waals surface area contributed by atoms with Gasteiger partial charge in [-0.1, -0.05) is 17.7 Å². The summed E-state index contributed by atoms with van der Waals surface area (Å²) >= 11 is 6.00. The Morgan fingerprint density at radius 2 is 2.27 bits per heavy atom. The van der Waals surface area contributed by atoms with E-state index >= 15 is 0 Å². The first kappa shape index (κ1) is 10.5. The zero-order valence-corrected chi connectivity index (χ0v) is 9.38. The molecule has 0 aromatic heterocycles. The van der Waals surface area contributed by atoms with E-state index in [-0.39, 0.29) is 11.7 Å². The summed E-state index contributed by atoms with van der Waals surface area (Å²) in [5, 5.41) is 0.517. The highest BCUT2D eigenvalue weighted by molar-refractivity contribution is 6.32. The Labute approximate surface area is 94.2 Å². The van der Waals surface area contributed by atoms with Gasteiger partial charge in [0, 0.05) is 5.92 Å². The lowest BCUT2D eigenvalue weighted by molar-refractivity contribution is 0.0964. The molecule has 0 saturated heterocycles. The molecule has 0 heterocycles. The number of halogens is 1. The summed E-state index contributed by atoms with van der Waals surface area (Å²) in [6, 6.07) is 5.33. The molecule has 0 atom stereocenters. The third-order valence-electron chi connectivity index (χ3n) is 2.47. The van der Waals surface area contributed by atoms with Crippen LogP contribution in [0, 0.1) is 5.92 Å². The molecular formula is C12H13ClO2. The molecule has 1 aliphatic carbocycles. The fraction of sp³-hybridized carbons (Fsp3) is 0.417. The standard InChI is InChI=1S/C12H13ClO2/c1-2-15-12-9(4-3-5-10(12)13)11(14)8-6-7-8/h3-5,8H,2,6-7H2,1H3. The van der Waals surface area contributed by atoms with E-state index in [0.717, 1.165) is 12.8 Å². The molecule has 2 nitrogen and oxygen atoms in total. The second-order valence-electron chi connectivity index (χ2n) is 3.69. The number of hydrogen-bond donors (Lipinski definition) is 0. The lowest BCUT2D eigenvalue weighted by Crippen LogP contribution is -2.05. The van der Waals surface area contributed by atoms with Crippen molar-refractivity contribution in [1.29, 1.82) is 0 Å². The van der Waals surface area contributed by atoms with Crippen molar-refractivity contribution in [3.05, 3.63) is 28.8 Å². The van der Waals surface area contributed by atoms with Gasteiger partial charge in [-0.3, -0.25) is 4.79 Å². The van der Waals surface area contributed by atoms with E-state index in [2.05, 4.69) is 0 Å². The van der Waals surface area contributed by atoms with Gasteiger partial charge in [-0.15, -0.1) is 0 Å². The maximum atomic E-state index is 11.9. The van der Waals surface area contributed by atoms with Crippen LogP contribution in [0.15, 0.2) is 18.2 Å². The molecule has 1 aromatic rings. The van der Waals surface area contributed by atoms with Crippen molar-refractivity contribution in [3.8, 4) is 5.75 Å². The number of ketones is 1. The van der Waals surface area contributed by atoms with E-state index in [1.54, 1.807) is 18.2 Å². The van der Waals surface area contributed by atoms with Crippen LogP contribution in [-0.4, -0.2) is 12.4 Å². The molecule has 0 bridgehead atoms. The summed E-state index contributed by atoms with van der Waals surface area (Å²) in [6.45, 7) is 2.41. The molecular weight excluding hydrogens is 212 g/mol. The lowest BCUT2D eigenvalue weighted by Gasteiger charge is -2.10. The van der Waals surface area contributed by atoms with E-state index in [0.29, 0.717) is 22.9 Å². The highest BCUT2D eigenvalue weighted by Crippen LogP contribution is 2.37. The van der Waals surface area contributed by atoms with E-state index in [1.165, 1.54) is 0 Å². The minimum absolute atomic E-state index is 0.168. The van der Waals surface area contributed by atoms with Crippen molar-refractivity contribution in [1.82, 2.24) is 0 Å². The summed E-state index contributed by atoms with van der Waals surface area (Å²) in [5.41, 5.74) is 0.631. The maximum Gasteiger partial charge on any atom is 0.169 e. The topological polar surface area (TPSA) is 26.3 Å². The van der Waals surface area contributed by atoms with Crippen LogP contribution in [0.2, 0.25) is 5.02 Å². The van der Waals surface area contributed by atoms with Gasteiger partial charge in [0.25, 0.3) is 0 Å². The van der Waals surface area contributed by atoms with Crippen LogP contribution in [0.3, 0.4) is 0 Å². The van der Waals surface area contributed by atoms with E-state index in [1.807, 2.05) is 6.92 Å². The Morgan fingerprint density at radius 1 is 1.53 bits per heavy atom. The average Bonchev–Trinajstić information content (AvgIpc) is 3.04. The van der Waals surface area contributed by atoms with Crippen molar-refractivity contribution in [2.24, 2.45) is 5.92 Å². The normalized spacial score (nSPS) is 15.1. The molecule has 1 fully saturated rings. The molecule has 0 N–H and O–H groups in total. The Balaban J connectivity index is 2.35. The van der Waals surface area contributed by atoms with Gasteiger partial charge in [-0.05, 0) is 31.9 Å². The summed E-state index contributed by atoms with van der Waals surface area (Å²) < 4.78 is 5.41. The maximum absolute atomic E-state index is 11.9. The van der Waals surface area contributed by atoms with E-state index < -0.39 is 0 Å². The van der Waals surface area contributed by atoms with Gasteiger partial charge in [0.1, 0.15) is 5.75 Å². The number of benzene rings is 1. The summed E-state index contributed by atoms with van der Waals surface area (Å²) in [6.07, 6.45) is 1.99. The van der Waals surface area contributed by atoms with Crippen molar-refractivity contribution in [2.45, 2.75) is 19.8 Å². The van der Waals surface area contributed by atoms with Gasteiger partial charge in [-0.2, -0.15) is 0 Å². The number of ether oxygens (including phenoxy) is 1. The van der Waals surface area contributed by atoms with Crippen LogP contribution in [0.4, 0.5) is 0 Å². The molecule has 1 aliphatic rings. The summed E-state index contributed by atoms with van der Waals surface area (Å²) in [4.78, 5) is 11.9. The van der Waals surface area contributed by atoms with Gasteiger partial charge in [-0.25, -0.2) is 0 Å². The average molecular weight is 225 g/mol. The Kier molecular flexibility index (Phi) is 2.96. The van der Waals surface area contributed by atoms with Crippen LogP contribution < -0.4 is 4.74 Å². The molecule has 0 amide bonds. The Morgan fingerprint density at radius 3 is 2.87 bits per heavy atom. The van der Waals surface area contributed by atoms with E-state index in [4.69, 9.17) is 16.3 Å². The number of rotatable bonds is 4. The second kappa shape index (κ2) is 4.23. The van der Waals surface area contributed by atoms with Gasteiger partial charge >= 0.3 is 0 Å².